The van der Waals surface area contributed by atoms with Crippen LogP contribution in [0.15, 0.2) is 24.3 Å². The fraction of sp³-hybridized carbons (Fsp3) is 0.556. The van der Waals surface area contributed by atoms with Gasteiger partial charge in [0.2, 0.25) is 5.91 Å². The molecule has 0 aromatic heterocycles. The van der Waals surface area contributed by atoms with E-state index in [1.165, 1.54) is 18.2 Å². The number of carboxylic acids is 1. The molecule has 3 saturated carbocycles. The number of carboxylic acid groups (broad SMARTS) is 1. The molecule has 3 fully saturated rings. The standard InChI is InChI=1S/C18H21F2NO3/c1-16(19,20)12-3-2-4-13(11-12)21-14(22)17-5-8-18(9-6-17,10-7-17)15(23)24/h2-4,11H,5-10H2,1H3,(H,21,22)(H,23,24). The van der Waals surface area contributed by atoms with Crippen molar-refractivity contribution in [3.05, 3.63) is 29.8 Å². The molecule has 24 heavy (non-hydrogen) atoms. The van der Waals surface area contributed by atoms with Gasteiger partial charge in [0.15, 0.2) is 0 Å². The SMILES string of the molecule is CC(F)(F)c1cccc(NC(=O)C23CCC(C(=O)O)(CC2)CC3)c1. The molecule has 4 nitrogen and oxygen atoms in total. The second kappa shape index (κ2) is 5.53. The fourth-order valence-corrected chi connectivity index (χ4v) is 3.98. The van der Waals surface area contributed by atoms with E-state index in [-0.39, 0.29) is 11.5 Å². The summed E-state index contributed by atoms with van der Waals surface area (Å²) in [6, 6.07) is 5.71. The van der Waals surface area contributed by atoms with E-state index in [1.807, 2.05) is 0 Å². The molecular weight excluding hydrogens is 316 g/mol. The first-order valence-corrected chi connectivity index (χ1v) is 8.20. The topological polar surface area (TPSA) is 66.4 Å². The van der Waals surface area contributed by atoms with Gasteiger partial charge in [0, 0.05) is 23.6 Å². The molecule has 1 amide bonds. The number of carbonyl (C=O) groups is 2. The van der Waals surface area contributed by atoms with Gasteiger partial charge in [-0.05, 0) is 50.7 Å². The van der Waals surface area contributed by atoms with Crippen LogP contribution in [0.1, 0.15) is 51.0 Å². The number of anilines is 1. The van der Waals surface area contributed by atoms with Crippen LogP contribution in [0.25, 0.3) is 0 Å². The van der Waals surface area contributed by atoms with Gasteiger partial charge in [-0.1, -0.05) is 12.1 Å². The second-order valence-corrected chi connectivity index (χ2v) is 7.29. The van der Waals surface area contributed by atoms with Crippen molar-refractivity contribution in [1.29, 1.82) is 0 Å². The van der Waals surface area contributed by atoms with Gasteiger partial charge in [0.25, 0.3) is 5.92 Å². The molecule has 3 aliphatic rings. The third-order valence-electron chi connectivity index (χ3n) is 5.81. The Morgan fingerprint density at radius 2 is 1.62 bits per heavy atom. The highest BCUT2D eigenvalue weighted by Crippen LogP contribution is 2.57. The number of rotatable bonds is 4. The van der Waals surface area contributed by atoms with Crippen LogP contribution >= 0.6 is 0 Å². The number of alkyl halides is 2. The molecule has 130 valence electrons. The van der Waals surface area contributed by atoms with Crippen molar-refractivity contribution in [3.63, 3.8) is 0 Å². The Hall–Kier alpha value is -1.98. The predicted octanol–water partition coefficient (Wildman–Crippen LogP) is 4.16. The molecular formula is C18H21F2NO3. The van der Waals surface area contributed by atoms with Crippen molar-refractivity contribution in [2.45, 2.75) is 51.4 Å². The van der Waals surface area contributed by atoms with E-state index in [0.29, 0.717) is 44.2 Å². The van der Waals surface area contributed by atoms with E-state index < -0.39 is 22.7 Å². The number of nitrogens with one attached hydrogen (secondary N) is 1. The Morgan fingerprint density at radius 3 is 2.12 bits per heavy atom. The van der Waals surface area contributed by atoms with E-state index in [9.17, 15) is 23.5 Å². The number of carbonyl (C=O) groups excluding carboxylic acids is 1. The molecule has 6 heteroatoms. The molecule has 1 aromatic carbocycles. The summed E-state index contributed by atoms with van der Waals surface area (Å²) >= 11 is 0. The summed E-state index contributed by atoms with van der Waals surface area (Å²) in [5.74, 6) is -3.91. The summed E-state index contributed by atoms with van der Waals surface area (Å²) in [6.07, 6.45) is 3.12. The lowest BCUT2D eigenvalue weighted by atomic mass is 9.53. The van der Waals surface area contributed by atoms with Gasteiger partial charge in [-0.15, -0.1) is 0 Å². The first-order chi connectivity index (χ1) is 11.2. The van der Waals surface area contributed by atoms with Gasteiger partial charge in [0.1, 0.15) is 0 Å². The predicted molar refractivity (Wildman–Crippen MR) is 84.8 cm³/mol. The number of aliphatic carboxylic acids is 1. The largest absolute Gasteiger partial charge is 0.481 e. The maximum absolute atomic E-state index is 13.4. The van der Waals surface area contributed by atoms with Gasteiger partial charge >= 0.3 is 5.97 Å². The first-order valence-electron chi connectivity index (χ1n) is 8.20. The number of hydrogen-bond donors (Lipinski definition) is 2. The van der Waals surface area contributed by atoms with Crippen LogP contribution in [-0.4, -0.2) is 17.0 Å². The number of fused-ring (bicyclic) bond motifs is 3. The van der Waals surface area contributed by atoms with Crippen LogP contribution in [0.4, 0.5) is 14.5 Å². The maximum Gasteiger partial charge on any atom is 0.309 e. The minimum Gasteiger partial charge on any atom is -0.481 e. The summed E-state index contributed by atoms with van der Waals surface area (Å²) in [7, 11) is 0. The lowest BCUT2D eigenvalue weighted by Gasteiger charge is -2.50. The molecule has 0 saturated heterocycles. The molecule has 0 heterocycles. The molecule has 1 aromatic rings. The first kappa shape index (κ1) is 16.9. The smallest absolute Gasteiger partial charge is 0.309 e. The van der Waals surface area contributed by atoms with Crippen molar-refractivity contribution < 1.29 is 23.5 Å². The van der Waals surface area contributed by atoms with Crippen LogP contribution < -0.4 is 5.32 Å². The molecule has 3 aliphatic carbocycles. The molecule has 0 unspecified atom stereocenters. The monoisotopic (exact) mass is 337 g/mol. The Morgan fingerprint density at radius 1 is 1.08 bits per heavy atom. The summed E-state index contributed by atoms with van der Waals surface area (Å²) in [4.78, 5) is 24.2. The quantitative estimate of drug-likeness (QED) is 0.867. The molecule has 2 N–H and O–H groups in total. The van der Waals surface area contributed by atoms with Crippen LogP contribution in [-0.2, 0) is 15.5 Å². The average Bonchev–Trinajstić information content (AvgIpc) is 2.56. The number of amides is 1. The zero-order chi connectivity index (χ0) is 17.6. The van der Waals surface area contributed by atoms with Crippen LogP contribution in [0.2, 0.25) is 0 Å². The third-order valence-corrected chi connectivity index (χ3v) is 5.81. The minimum atomic E-state index is -2.96. The Balaban J connectivity index is 1.74. The molecule has 2 bridgehead atoms. The lowest BCUT2D eigenvalue weighted by Crippen LogP contribution is -2.50. The molecule has 0 spiro atoms. The number of halogens is 2. The van der Waals surface area contributed by atoms with Crippen LogP contribution in [0.3, 0.4) is 0 Å². The number of benzene rings is 1. The second-order valence-electron chi connectivity index (χ2n) is 7.29. The van der Waals surface area contributed by atoms with Gasteiger partial charge < -0.3 is 10.4 Å². The summed E-state index contributed by atoms with van der Waals surface area (Å²) in [5.41, 5.74) is -1.03. The van der Waals surface area contributed by atoms with Crippen molar-refractivity contribution in [2.24, 2.45) is 10.8 Å². The highest BCUT2D eigenvalue weighted by molar-refractivity contribution is 5.96. The van der Waals surface area contributed by atoms with Gasteiger partial charge in [-0.3, -0.25) is 9.59 Å². The summed E-state index contributed by atoms with van der Waals surface area (Å²) in [6.45, 7) is 0.820. The van der Waals surface area contributed by atoms with E-state index >= 15 is 0 Å². The highest BCUT2D eigenvalue weighted by Gasteiger charge is 2.55. The number of hydrogen-bond acceptors (Lipinski definition) is 2. The van der Waals surface area contributed by atoms with Crippen LogP contribution in [0.5, 0.6) is 0 Å². The Labute approximate surface area is 139 Å². The highest BCUT2D eigenvalue weighted by atomic mass is 19.3. The normalized spacial score (nSPS) is 29.3. The van der Waals surface area contributed by atoms with Gasteiger partial charge in [0.05, 0.1) is 5.41 Å². The molecule has 4 rings (SSSR count). The Kier molecular flexibility index (Phi) is 3.89. The lowest BCUT2D eigenvalue weighted by molar-refractivity contribution is -0.162. The molecule has 0 atom stereocenters. The maximum atomic E-state index is 13.4. The summed E-state index contributed by atoms with van der Waals surface area (Å²) < 4.78 is 26.8. The molecule has 0 radical (unpaired) electrons. The van der Waals surface area contributed by atoms with E-state index in [0.717, 1.165) is 6.92 Å². The van der Waals surface area contributed by atoms with Crippen molar-refractivity contribution >= 4 is 17.6 Å². The van der Waals surface area contributed by atoms with E-state index in [2.05, 4.69) is 5.32 Å². The van der Waals surface area contributed by atoms with Crippen molar-refractivity contribution in [3.8, 4) is 0 Å². The molecule has 0 aliphatic heterocycles. The summed E-state index contributed by atoms with van der Waals surface area (Å²) in [5, 5.41) is 12.2. The minimum absolute atomic E-state index is 0.144. The average molecular weight is 337 g/mol. The fourth-order valence-electron chi connectivity index (χ4n) is 3.98. The van der Waals surface area contributed by atoms with Crippen LogP contribution in [0, 0.1) is 10.8 Å². The zero-order valence-corrected chi connectivity index (χ0v) is 13.6. The third kappa shape index (κ3) is 2.78. The van der Waals surface area contributed by atoms with Crippen molar-refractivity contribution in [2.75, 3.05) is 5.32 Å². The zero-order valence-electron chi connectivity index (χ0n) is 13.6. The van der Waals surface area contributed by atoms with Gasteiger partial charge in [-0.2, -0.15) is 0 Å². The Bertz CT molecular complexity index is 657. The van der Waals surface area contributed by atoms with E-state index in [4.69, 9.17) is 0 Å². The van der Waals surface area contributed by atoms with Gasteiger partial charge in [-0.25, -0.2) is 8.78 Å². The van der Waals surface area contributed by atoms with E-state index in [1.54, 1.807) is 6.07 Å². The van der Waals surface area contributed by atoms with Crippen molar-refractivity contribution in [1.82, 2.24) is 0 Å².